The predicted molar refractivity (Wildman–Crippen MR) is 97.4 cm³/mol. The molecule has 0 N–H and O–H groups in total. The van der Waals surface area contributed by atoms with E-state index < -0.39 is 0 Å². The topological polar surface area (TPSA) is 21.7 Å². The molecule has 2 aromatic rings. The Morgan fingerprint density at radius 1 is 1.04 bits per heavy atom. The van der Waals surface area contributed by atoms with Gasteiger partial charge in [0, 0.05) is 13.1 Å². The maximum absolute atomic E-state index is 5.94. The Labute approximate surface area is 145 Å². The molecule has 1 saturated heterocycles. The summed E-state index contributed by atoms with van der Waals surface area (Å²) < 4.78 is 11.5. The first-order chi connectivity index (χ1) is 11.7. The molecule has 1 heterocycles. The minimum atomic E-state index is 0.556. The lowest BCUT2D eigenvalue weighted by molar-refractivity contribution is 0.176. The van der Waals surface area contributed by atoms with Gasteiger partial charge in [0.05, 0.1) is 7.11 Å². The molecule has 0 amide bonds. The fraction of sp³-hybridized carbons (Fsp3) is 0.429. The Morgan fingerprint density at radius 3 is 2.62 bits per heavy atom. The molecule has 0 spiro atoms. The van der Waals surface area contributed by atoms with E-state index in [4.69, 9.17) is 9.47 Å². The van der Waals surface area contributed by atoms with Crippen LogP contribution in [-0.2, 0) is 13.2 Å². The van der Waals surface area contributed by atoms with Crippen molar-refractivity contribution in [3.63, 3.8) is 0 Å². The number of hydrogen-bond donors (Lipinski definition) is 0. The molecule has 3 heteroatoms. The number of piperidine rings is 1. The molecule has 3 nitrogen and oxygen atoms in total. The largest absolute Gasteiger partial charge is 0.493 e. The molecular weight excluding hydrogens is 298 g/mol. The Balaban J connectivity index is 1.64. The van der Waals surface area contributed by atoms with Gasteiger partial charge in [0.2, 0.25) is 0 Å². The van der Waals surface area contributed by atoms with E-state index in [1.165, 1.54) is 31.5 Å². The van der Waals surface area contributed by atoms with Crippen LogP contribution in [0.5, 0.6) is 11.5 Å². The zero-order chi connectivity index (χ0) is 16.8. The van der Waals surface area contributed by atoms with Crippen molar-refractivity contribution in [2.45, 2.75) is 32.9 Å². The first-order valence-electron chi connectivity index (χ1n) is 8.80. The molecule has 3 rings (SSSR count). The van der Waals surface area contributed by atoms with Gasteiger partial charge in [0.1, 0.15) is 6.61 Å². The van der Waals surface area contributed by atoms with Crippen molar-refractivity contribution in [2.75, 3.05) is 20.2 Å². The highest BCUT2D eigenvalue weighted by Crippen LogP contribution is 2.30. The van der Waals surface area contributed by atoms with Crippen molar-refractivity contribution < 1.29 is 9.47 Å². The Bertz CT molecular complexity index is 642. The van der Waals surface area contributed by atoms with Crippen molar-refractivity contribution in [3.8, 4) is 11.5 Å². The molecule has 0 unspecified atom stereocenters. The summed E-state index contributed by atoms with van der Waals surface area (Å²) in [6, 6.07) is 16.5. The van der Waals surface area contributed by atoms with Crippen LogP contribution >= 0.6 is 0 Å². The zero-order valence-corrected chi connectivity index (χ0v) is 14.7. The van der Waals surface area contributed by atoms with Crippen molar-refractivity contribution in [3.05, 3.63) is 59.7 Å². The smallest absolute Gasteiger partial charge is 0.161 e. The minimum Gasteiger partial charge on any atom is -0.493 e. The first-order valence-corrected chi connectivity index (χ1v) is 8.80. The quantitative estimate of drug-likeness (QED) is 0.780. The van der Waals surface area contributed by atoms with Crippen molar-refractivity contribution in [1.29, 1.82) is 0 Å². The van der Waals surface area contributed by atoms with Gasteiger partial charge >= 0.3 is 0 Å². The number of rotatable bonds is 6. The second kappa shape index (κ2) is 8.20. The van der Waals surface area contributed by atoms with E-state index in [0.29, 0.717) is 6.61 Å². The van der Waals surface area contributed by atoms with Crippen LogP contribution in [0.3, 0.4) is 0 Å². The zero-order valence-electron chi connectivity index (χ0n) is 14.7. The summed E-state index contributed by atoms with van der Waals surface area (Å²) in [5.74, 6) is 2.42. The third-order valence-electron chi connectivity index (χ3n) is 4.61. The summed E-state index contributed by atoms with van der Waals surface area (Å²) in [5, 5.41) is 0. The second-order valence-electron chi connectivity index (χ2n) is 6.74. The van der Waals surface area contributed by atoms with E-state index in [9.17, 15) is 0 Å². The monoisotopic (exact) mass is 325 g/mol. The van der Waals surface area contributed by atoms with Crippen molar-refractivity contribution >= 4 is 0 Å². The van der Waals surface area contributed by atoms with Gasteiger partial charge in [-0.2, -0.15) is 0 Å². The summed E-state index contributed by atoms with van der Waals surface area (Å²) in [6.07, 6.45) is 2.66. The number of methoxy groups -OCH3 is 1. The predicted octanol–water partition coefficient (Wildman–Crippen LogP) is 4.51. The molecule has 24 heavy (non-hydrogen) atoms. The molecule has 0 saturated carbocycles. The molecule has 0 bridgehead atoms. The van der Waals surface area contributed by atoms with E-state index in [2.05, 4.69) is 36.1 Å². The lowest BCUT2D eigenvalue weighted by Gasteiger charge is -2.30. The van der Waals surface area contributed by atoms with Gasteiger partial charge in [0.15, 0.2) is 11.5 Å². The number of benzene rings is 2. The van der Waals surface area contributed by atoms with Gasteiger partial charge in [-0.25, -0.2) is 0 Å². The standard InChI is InChI=1S/C21H27NO2/c1-17-7-6-12-22(14-17)15-19-10-11-20(21(13-19)23-2)24-16-18-8-4-3-5-9-18/h3-5,8-11,13,17H,6-7,12,14-16H2,1-2H3/t17-/m0/s1. The lowest BCUT2D eigenvalue weighted by Crippen LogP contribution is -2.33. The fourth-order valence-electron chi connectivity index (χ4n) is 3.35. The highest BCUT2D eigenvalue weighted by Gasteiger charge is 2.17. The third-order valence-corrected chi connectivity index (χ3v) is 4.61. The normalized spacial score (nSPS) is 18.3. The van der Waals surface area contributed by atoms with Gasteiger partial charge in [-0.1, -0.05) is 43.3 Å². The minimum absolute atomic E-state index is 0.556. The van der Waals surface area contributed by atoms with E-state index in [1.807, 2.05) is 24.3 Å². The summed E-state index contributed by atoms with van der Waals surface area (Å²) >= 11 is 0. The molecule has 1 fully saturated rings. The Hall–Kier alpha value is -2.00. The Kier molecular flexibility index (Phi) is 5.76. The van der Waals surface area contributed by atoms with Gasteiger partial charge in [-0.05, 0) is 48.6 Å². The van der Waals surface area contributed by atoms with Crippen LogP contribution in [0.2, 0.25) is 0 Å². The van der Waals surface area contributed by atoms with E-state index in [0.717, 1.165) is 29.5 Å². The summed E-state index contributed by atoms with van der Waals surface area (Å²) in [4.78, 5) is 2.54. The van der Waals surface area contributed by atoms with E-state index in [1.54, 1.807) is 7.11 Å². The van der Waals surface area contributed by atoms with E-state index >= 15 is 0 Å². The average Bonchev–Trinajstić information content (AvgIpc) is 2.61. The van der Waals surface area contributed by atoms with E-state index in [-0.39, 0.29) is 0 Å². The average molecular weight is 325 g/mol. The van der Waals surface area contributed by atoms with Crippen molar-refractivity contribution in [1.82, 2.24) is 4.90 Å². The molecule has 0 aliphatic carbocycles. The molecule has 1 atom stereocenters. The first kappa shape index (κ1) is 16.8. The molecule has 2 aromatic carbocycles. The summed E-state index contributed by atoms with van der Waals surface area (Å²) in [7, 11) is 1.71. The van der Waals surface area contributed by atoms with Gasteiger partial charge in [0.25, 0.3) is 0 Å². The summed E-state index contributed by atoms with van der Waals surface area (Å²) in [6.45, 7) is 6.26. The van der Waals surface area contributed by atoms with Crippen molar-refractivity contribution in [2.24, 2.45) is 5.92 Å². The molecule has 0 radical (unpaired) electrons. The number of hydrogen-bond acceptors (Lipinski definition) is 3. The van der Waals surface area contributed by atoms with Crippen LogP contribution in [0.25, 0.3) is 0 Å². The number of ether oxygens (including phenoxy) is 2. The maximum Gasteiger partial charge on any atom is 0.161 e. The lowest BCUT2D eigenvalue weighted by atomic mass is 10.00. The van der Waals surface area contributed by atoms with Crippen LogP contribution in [0.4, 0.5) is 0 Å². The van der Waals surface area contributed by atoms with Gasteiger partial charge in [-0.3, -0.25) is 4.90 Å². The number of nitrogens with zero attached hydrogens (tertiary/aromatic N) is 1. The van der Waals surface area contributed by atoms with Gasteiger partial charge < -0.3 is 9.47 Å². The molecular formula is C21H27NO2. The van der Waals surface area contributed by atoms with Crippen LogP contribution < -0.4 is 9.47 Å². The Morgan fingerprint density at radius 2 is 1.88 bits per heavy atom. The number of likely N-dealkylation sites (tertiary alicyclic amines) is 1. The maximum atomic E-state index is 5.94. The van der Waals surface area contributed by atoms with Crippen LogP contribution in [0.15, 0.2) is 48.5 Å². The molecule has 1 aliphatic rings. The van der Waals surface area contributed by atoms with Crippen LogP contribution in [0, 0.1) is 5.92 Å². The highest BCUT2D eigenvalue weighted by molar-refractivity contribution is 5.43. The third kappa shape index (κ3) is 4.51. The van der Waals surface area contributed by atoms with Crippen LogP contribution in [-0.4, -0.2) is 25.1 Å². The van der Waals surface area contributed by atoms with Crippen LogP contribution in [0.1, 0.15) is 30.9 Å². The highest BCUT2D eigenvalue weighted by atomic mass is 16.5. The fourth-order valence-corrected chi connectivity index (χ4v) is 3.35. The second-order valence-corrected chi connectivity index (χ2v) is 6.74. The van der Waals surface area contributed by atoms with Gasteiger partial charge in [-0.15, -0.1) is 0 Å². The molecule has 1 aliphatic heterocycles. The molecule has 128 valence electrons. The summed E-state index contributed by atoms with van der Waals surface area (Å²) in [5.41, 5.74) is 2.44. The SMILES string of the molecule is COc1cc(CN2CCC[C@H](C)C2)ccc1OCc1ccccc1. The molecule has 0 aromatic heterocycles.